The first-order chi connectivity index (χ1) is 12.7. The first-order valence-corrected chi connectivity index (χ1v) is 10.2. The lowest BCUT2D eigenvalue weighted by Gasteiger charge is -2.38. The van der Waals surface area contributed by atoms with Gasteiger partial charge in [0.25, 0.3) is 0 Å². The number of halogens is 1. The van der Waals surface area contributed by atoms with Crippen molar-refractivity contribution in [2.24, 2.45) is 5.10 Å². The standard InChI is InChI=1S/C21H17BrN2OS/c1-13-7-10-20(26-13)17-12-18-16-11-15(22)8-9-19(16)25-21(24(18)23-17)14-5-3-2-4-6-14/h2-11,18,21H,12H2,1H3. The third-order valence-corrected chi connectivity index (χ3v) is 6.40. The topological polar surface area (TPSA) is 24.8 Å². The van der Waals surface area contributed by atoms with Crippen LogP contribution < -0.4 is 4.74 Å². The predicted octanol–water partition coefficient (Wildman–Crippen LogP) is 6.06. The summed E-state index contributed by atoms with van der Waals surface area (Å²) in [7, 11) is 0. The van der Waals surface area contributed by atoms with Gasteiger partial charge in [0.15, 0.2) is 0 Å². The fourth-order valence-corrected chi connectivity index (χ4v) is 4.87. The van der Waals surface area contributed by atoms with Gasteiger partial charge in [-0.3, -0.25) is 0 Å². The summed E-state index contributed by atoms with van der Waals surface area (Å²) in [6.07, 6.45) is 0.698. The van der Waals surface area contributed by atoms with Gasteiger partial charge in [0.05, 0.1) is 16.6 Å². The predicted molar refractivity (Wildman–Crippen MR) is 109 cm³/mol. The fourth-order valence-electron chi connectivity index (χ4n) is 3.63. The van der Waals surface area contributed by atoms with Crippen molar-refractivity contribution >= 4 is 33.0 Å². The third-order valence-electron chi connectivity index (χ3n) is 4.86. The normalized spacial score (nSPS) is 21.0. The number of aryl methyl sites for hydroxylation is 1. The Morgan fingerprint density at radius 3 is 2.73 bits per heavy atom. The molecule has 26 heavy (non-hydrogen) atoms. The smallest absolute Gasteiger partial charge is 0.213 e. The first-order valence-electron chi connectivity index (χ1n) is 8.63. The number of hydrogen-bond donors (Lipinski definition) is 0. The lowest BCUT2D eigenvalue weighted by Crippen LogP contribution is -2.33. The summed E-state index contributed by atoms with van der Waals surface area (Å²) < 4.78 is 7.45. The second-order valence-electron chi connectivity index (χ2n) is 6.62. The van der Waals surface area contributed by atoms with Crippen molar-refractivity contribution in [3.63, 3.8) is 0 Å². The lowest BCUT2D eigenvalue weighted by atomic mass is 9.98. The van der Waals surface area contributed by atoms with Crippen molar-refractivity contribution in [1.82, 2.24) is 5.01 Å². The van der Waals surface area contributed by atoms with Crippen LogP contribution in [0.25, 0.3) is 0 Å². The summed E-state index contributed by atoms with van der Waals surface area (Å²) >= 11 is 5.41. The molecule has 1 aromatic heterocycles. The van der Waals surface area contributed by atoms with E-state index >= 15 is 0 Å². The molecule has 130 valence electrons. The highest BCUT2D eigenvalue weighted by atomic mass is 79.9. The molecule has 0 spiro atoms. The van der Waals surface area contributed by atoms with Crippen molar-refractivity contribution in [3.05, 3.63) is 86.0 Å². The maximum Gasteiger partial charge on any atom is 0.213 e. The van der Waals surface area contributed by atoms with Crippen LogP contribution in [0.1, 0.15) is 39.6 Å². The monoisotopic (exact) mass is 424 g/mol. The minimum Gasteiger partial charge on any atom is -0.464 e. The minimum atomic E-state index is -0.201. The number of fused-ring (bicyclic) bond motifs is 3. The van der Waals surface area contributed by atoms with Crippen LogP contribution in [0.4, 0.5) is 0 Å². The summed E-state index contributed by atoms with van der Waals surface area (Å²) in [5, 5.41) is 7.13. The first kappa shape index (κ1) is 16.1. The molecule has 2 unspecified atom stereocenters. The highest BCUT2D eigenvalue weighted by Crippen LogP contribution is 2.48. The van der Waals surface area contributed by atoms with Crippen LogP contribution in [-0.2, 0) is 0 Å². The third kappa shape index (κ3) is 2.66. The van der Waals surface area contributed by atoms with E-state index in [0.29, 0.717) is 0 Å². The Hall–Kier alpha value is -2.11. The van der Waals surface area contributed by atoms with Crippen molar-refractivity contribution < 1.29 is 4.74 Å². The summed E-state index contributed by atoms with van der Waals surface area (Å²) in [6.45, 7) is 2.14. The van der Waals surface area contributed by atoms with E-state index in [0.717, 1.165) is 27.9 Å². The molecule has 2 aliphatic heterocycles. The van der Waals surface area contributed by atoms with Crippen LogP contribution in [0.3, 0.4) is 0 Å². The Bertz CT molecular complexity index is 998. The van der Waals surface area contributed by atoms with Gasteiger partial charge in [0.1, 0.15) is 5.75 Å². The van der Waals surface area contributed by atoms with Gasteiger partial charge in [-0.1, -0.05) is 46.3 Å². The van der Waals surface area contributed by atoms with Gasteiger partial charge < -0.3 is 4.74 Å². The Kier molecular flexibility index (Phi) is 3.87. The maximum atomic E-state index is 6.38. The molecule has 0 radical (unpaired) electrons. The van der Waals surface area contributed by atoms with Crippen LogP contribution in [-0.4, -0.2) is 10.7 Å². The number of ether oxygens (including phenoxy) is 1. The molecule has 3 aromatic rings. The molecule has 2 aliphatic rings. The van der Waals surface area contributed by atoms with Gasteiger partial charge in [-0.25, -0.2) is 5.01 Å². The zero-order valence-corrected chi connectivity index (χ0v) is 16.6. The molecule has 2 aromatic carbocycles. The number of hydrogen-bond acceptors (Lipinski definition) is 4. The Morgan fingerprint density at radius 1 is 1.12 bits per heavy atom. The zero-order valence-electron chi connectivity index (χ0n) is 14.2. The molecule has 3 heterocycles. The molecule has 0 bridgehead atoms. The molecule has 0 saturated heterocycles. The van der Waals surface area contributed by atoms with Gasteiger partial charge in [-0.05, 0) is 37.3 Å². The van der Waals surface area contributed by atoms with E-state index < -0.39 is 0 Å². The van der Waals surface area contributed by atoms with Gasteiger partial charge in [0, 0.05) is 26.9 Å². The van der Waals surface area contributed by atoms with Gasteiger partial charge >= 0.3 is 0 Å². The Balaban J connectivity index is 1.61. The molecule has 0 saturated carbocycles. The van der Waals surface area contributed by atoms with Crippen LogP contribution in [0.15, 0.2) is 70.2 Å². The second kappa shape index (κ2) is 6.25. The van der Waals surface area contributed by atoms with Crippen molar-refractivity contribution in [1.29, 1.82) is 0 Å². The maximum absolute atomic E-state index is 6.38. The van der Waals surface area contributed by atoms with E-state index in [1.54, 1.807) is 11.3 Å². The van der Waals surface area contributed by atoms with Crippen LogP contribution in [0, 0.1) is 6.92 Å². The summed E-state index contributed by atoms with van der Waals surface area (Å²) in [5.41, 5.74) is 3.46. The molecule has 3 nitrogen and oxygen atoms in total. The average Bonchev–Trinajstić information content (AvgIpc) is 3.28. The molecule has 2 atom stereocenters. The van der Waals surface area contributed by atoms with Crippen LogP contribution in [0.5, 0.6) is 5.75 Å². The number of thiophene rings is 1. The van der Waals surface area contributed by atoms with E-state index in [4.69, 9.17) is 9.84 Å². The Morgan fingerprint density at radius 2 is 1.96 bits per heavy atom. The van der Waals surface area contributed by atoms with E-state index in [-0.39, 0.29) is 12.3 Å². The average molecular weight is 425 g/mol. The minimum absolute atomic E-state index is 0.193. The number of nitrogens with zero attached hydrogens (tertiary/aromatic N) is 2. The summed E-state index contributed by atoms with van der Waals surface area (Å²) in [5.74, 6) is 0.946. The fraction of sp³-hybridized carbons (Fsp3) is 0.190. The summed E-state index contributed by atoms with van der Waals surface area (Å²) in [6, 6.07) is 21.1. The quantitative estimate of drug-likeness (QED) is 0.499. The number of benzene rings is 2. The molecule has 0 aliphatic carbocycles. The highest BCUT2D eigenvalue weighted by molar-refractivity contribution is 9.10. The largest absolute Gasteiger partial charge is 0.464 e. The lowest BCUT2D eigenvalue weighted by molar-refractivity contribution is -0.0190. The molecule has 0 fully saturated rings. The van der Waals surface area contributed by atoms with Crippen LogP contribution in [0.2, 0.25) is 0 Å². The van der Waals surface area contributed by atoms with E-state index in [1.807, 2.05) is 24.3 Å². The molecule has 0 N–H and O–H groups in total. The van der Waals surface area contributed by atoms with E-state index in [2.05, 4.69) is 64.3 Å². The van der Waals surface area contributed by atoms with Gasteiger partial charge in [-0.15, -0.1) is 11.3 Å². The number of hydrazone groups is 1. The van der Waals surface area contributed by atoms with Crippen LogP contribution >= 0.6 is 27.3 Å². The van der Waals surface area contributed by atoms with Gasteiger partial charge in [-0.2, -0.15) is 5.10 Å². The molecule has 5 heteroatoms. The zero-order chi connectivity index (χ0) is 17.7. The van der Waals surface area contributed by atoms with E-state index in [9.17, 15) is 0 Å². The molecule has 5 rings (SSSR count). The van der Waals surface area contributed by atoms with Crippen molar-refractivity contribution in [2.75, 3.05) is 0 Å². The summed E-state index contributed by atoms with van der Waals surface area (Å²) in [4.78, 5) is 2.56. The Labute approximate surface area is 165 Å². The molecule has 0 amide bonds. The number of rotatable bonds is 2. The van der Waals surface area contributed by atoms with Crippen molar-refractivity contribution in [3.8, 4) is 5.75 Å². The highest BCUT2D eigenvalue weighted by Gasteiger charge is 2.41. The molecular weight excluding hydrogens is 408 g/mol. The molecular formula is C21H17BrN2OS. The van der Waals surface area contributed by atoms with Crippen molar-refractivity contribution in [2.45, 2.75) is 25.6 Å². The second-order valence-corrected chi connectivity index (χ2v) is 8.82. The SMILES string of the molecule is Cc1ccc(C2=NN3C(C2)c2cc(Br)ccc2OC3c2ccccc2)s1. The van der Waals surface area contributed by atoms with Gasteiger partial charge in [0.2, 0.25) is 6.23 Å². The van der Waals surface area contributed by atoms with E-state index in [1.165, 1.54) is 15.3 Å².